The van der Waals surface area contributed by atoms with Gasteiger partial charge in [0.05, 0.1) is 15.7 Å². The summed E-state index contributed by atoms with van der Waals surface area (Å²) in [5.74, 6) is 1.23. The van der Waals surface area contributed by atoms with Gasteiger partial charge >= 0.3 is 0 Å². The topological polar surface area (TPSA) is 105 Å². The molecule has 1 aliphatic rings. The number of carbonyl (C=O) groups is 1. The first-order chi connectivity index (χ1) is 14.5. The molecule has 1 aliphatic heterocycles. The van der Waals surface area contributed by atoms with E-state index in [1.807, 2.05) is 22.4 Å². The lowest BCUT2D eigenvalue weighted by Gasteiger charge is -2.15. The van der Waals surface area contributed by atoms with E-state index in [1.165, 1.54) is 7.05 Å². The summed E-state index contributed by atoms with van der Waals surface area (Å²) in [5.41, 5.74) is 0.923. The molecule has 1 saturated heterocycles. The van der Waals surface area contributed by atoms with Gasteiger partial charge in [-0.2, -0.15) is 0 Å². The molecule has 0 saturated carbocycles. The SMILES string of the molecule is CNS(=O)(=O)c1ccc(CCC(=O)N2CC[C@@H](c3nnc(-c4cccs4)o3)C2)cc1. The van der Waals surface area contributed by atoms with Crippen LogP contribution in [0.25, 0.3) is 10.8 Å². The first kappa shape index (κ1) is 20.7. The zero-order chi connectivity index (χ0) is 21.1. The van der Waals surface area contributed by atoms with Crippen LogP contribution in [0.5, 0.6) is 0 Å². The highest BCUT2D eigenvalue weighted by Crippen LogP contribution is 2.30. The number of carbonyl (C=O) groups excluding carboxylic acids is 1. The van der Waals surface area contributed by atoms with Crippen LogP contribution in [0.15, 0.2) is 51.1 Å². The number of hydrogen-bond acceptors (Lipinski definition) is 7. The average Bonchev–Trinajstić information content (AvgIpc) is 3.52. The Kier molecular flexibility index (Phi) is 5.98. The van der Waals surface area contributed by atoms with E-state index in [-0.39, 0.29) is 16.7 Å². The monoisotopic (exact) mass is 446 g/mol. The maximum absolute atomic E-state index is 12.6. The first-order valence-electron chi connectivity index (χ1n) is 9.64. The Labute approximate surface area is 179 Å². The lowest BCUT2D eigenvalue weighted by molar-refractivity contribution is -0.130. The van der Waals surface area contributed by atoms with Crippen LogP contribution in [-0.4, -0.2) is 49.6 Å². The zero-order valence-corrected chi connectivity index (χ0v) is 18.1. The molecule has 1 aromatic carbocycles. The molecule has 30 heavy (non-hydrogen) atoms. The molecule has 158 valence electrons. The molecule has 4 rings (SSSR count). The van der Waals surface area contributed by atoms with E-state index in [4.69, 9.17) is 4.42 Å². The van der Waals surface area contributed by atoms with Crippen LogP contribution in [0.2, 0.25) is 0 Å². The molecule has 3 heterocycles. The van der Waals surface area contributed by atoms with Gasteiger partial charge in [-0.1, -0.05) is 18.2 Å². The fraction of sp³-hybridized carbons (Fsp3) is 0.350. The number of rotatable bonds is 7. The van der Waals surface area contributed by atoms with Crippen molar-refractivity contribution in [3.8, 4) is 10.8 Å². The molecule has 0 spiro atoms. The van der Waals surface area contributed by atoms with Crippen molar-refractivity contribution in [3.05, 3.63) is 53.2 Å². The summed E-state index contributed by atoms with van der Waals surface area (Å²) < 4.78 is 31.7. The molecule has 0 unspecified atom stereocenters. The minimum atomic E-state index is -3.45. The van der Waals surface area contributed by atoms with Crippen molar-refractivity contribution >= 4 is 27.3 Å². The second-order valence-electron chi connectivity index (χ2n) is 7.10. The van der Waals surface area contributed by atoms with Gasteiger partial charge in [-0.3, -0.25) is 4.79 Å². The molecule has 1 atom stereocenters. The highest BCUT2D eigenvalue weighted by Gasteiger charge is 2.31. The highest BCUT2D eigenvalue weighted by atomic mass is 32.2. The summed E-state index contributed by atoms with van der Waals surface area (Å²) in [6, 6.07) is 10.5. The Morgan fingerprint density at radius 1 is 1.27 bits per heavy atom. The molecule has 8 nitrogen and oxygen atoms in total. The Morgan fingerprint density at radius 3 is 2.77 bits per heavy atom. The van der Waals surface area contributed by atoms with Crippen LogP contribution in [-0.2, 0) is 21.2 Å². The molecule has 0 radical (unpaired) electrons. The van der Waals surface area contributed by atoms with Crippen molar-refractivity contribution in [2.24, 2.45) is 0 Å². The van der Waals surface area contributed by atoms with Gasteiger partial charge in [-0.15, -0.1) is 21.5 Å². The molecule has 1 fully saturated rings. The number of hydrogen-bond donors (Lipinski definition) is 1. The van der Waals surface area contributed by atoms with Crippen molar-refractivity contribution in [1.29, 1.82) is 0 Å². The second-order valence-corrected chi connectivity index (χ2v) is 9.93. The van der Waals surface area contributed by atoms with Crippen LogP contribution in [0.1, 0.15) is 30.2 Å². The molecule has 2 aromatic heterocycles. The van der Waals surface area contributed by atoms with Crippen molar-refractivity contribution < 1.29 is 17.6 Å². The van der Waals surface area contributed by atoms with Crippen molar-refractivity contribution in [1.82, 2.24) is 19.8 Å². The van der Waals surface area contributed by atoms with Crippen molar-refractivity contribution in [2.75, 3.05) is 20.1 Å². The van der Waals surface area contributed by atoms with Gasteiger partial charge in [0.15, 0.2) is 0 Å². The summed E-state index contributed by atoms with van der Waals surface area (Å²) in [6.07, 6.45) is 1.73. The van der Waals surface area contributed by atoms with Gasteiger partial charge in [0.2, 0.25) is 21.8 Å². The molecule has 10 heteroatoms. The van der Waals surface area contributed by atoms with Gasteiger partial charge in [0, 0.05) is 19.5 Å². The molecular formula is C20H22N4O4S2. The number of nitrogens with one attached hydrogen (secondary N) is 1. The maximum atomic E-state index is 12.6. The standard InChI is InChI=1S/C20H22N4O4S2/c1-21-30(26,27)16-7-4-14(5-8-16)6-9-18(25)24-11-10-15(13-24)19-22-23-20(28-19)17-3-2-12-29-17/h2-5,7-8,12,15,21H,6,9-11,13H2,1H3/t15-/m1/s1. The van der Waals surface area contributed by atoms with Crippen molar-refractivity contribution in [3.63, 3.8) is 0 Å². The van der Waals surface area contributed by atoms with Crippen LogP contribution >= 0.6 is 11.3 Å². The first-order valence-corrected chi connectivity index (χ1v) is 12.0. The van der Waals surface area contributed by atoms with Crippen LogP contribution < -0.4 is 4.72 Å². The number of sulfonamides is 1. The largest absolute Gasteiger partial charge is 0.420 e. The second kappa shape index (κ2) is 8.66. The summed E-state index contributed by atoms with van der Waals surface area (Å²) in [7, 11) is -2.07. The summed E-state index contributed by atoms with van der Waals surface area (Å²) in [4.78, 5) is 15.6. The van der Waals surface area contributed by atoms with Gasteiger partial charge in [-0.25, -0.2) is 13.1 Å². The Bertz CT molecular complexity index is 1110. The third-order valence-electron chi connectivity index (χ3n) is 5.19. The Hall–Kier alpha value is -2.56. The fourth-order valence-electron chi connectivity index (χ4n) is 3.45. The summed E-state index contributed by atoms with van der Waals surface area (Å²) in [6.45, 7) is 1.24. The summed E-state index contributed by atoms with van der Waals surface area (Å²) >= 11 is 1.55. The number of benzene rings is 1. The predicted molar refractivity (Wildman–Crippen MR) is 113 cm³/mol. The Balaban J connectivity index is 1.31. The molecule has 1 amide bonds. The minimum Gasteiger partial charge on any atom is -0.420 e. The van der Waals surface area contributed by atoms with Crippen LogP contribution in [0.3, 0.4) is 0 Å². The van der Waals surface area contributed by atoms with E-state index in [9.17, 15) is 13.2 Å². The van der Waals surface area contributed by atoms with E-state index in [0.29, 0.717) is 37.7 Å². The number of aryl methyl sites for hydroxylation is 1. The number of aromatic nitrogens is 2. The number of thiophene rings is 1. The smallest absolute Gasteiger partial charge is 0.257 e. The quantitative estimate of drug-likeness (QED) is 0.598. The molecule has 0 aliphatic carbocycles. The molecular weight excluding hydrogens is 424 g/mol. The van der Waals surface area contributed by atoms with Gasteiger partial charge < -0.3 is 9.32 Å². The zero-order valence-electron chi connectivity index (χ0n) is 16.4. The number of likely N-dealkylation sites (tertiary alicyclic amines) is 1. The lowest BCUT2D eigenvalue weighted by atomic mass is 10.1. The number of amides is 1. The highest BCUT2D eigenvalue weighted by molar-refractivity contribution is 7.89. The third kappa shape index (κ3) is 4.45. The predicted octanol–water partition coefficient (Wildman–Crippen LogP) is 2.65. The normalized spacial score (nSPS) is 16.8. The lowest BCUT2D eigenvalue weighted by Crippen LogP contribution is -2.28. The van der Waals surface area contributed by atoms with E-state index in [0.717, 1.165) is 16.9 Å². The van der Waals surface area contributed by atoms with E-state index in [2.05, 4.69) is 14.9 Å². The van der Waals surface area contributed by atoms with Gasteiger partial charge in [-0.05, 0) is 49.0 Å². The fourth-order valence-corrected chi connectivity index (χ4v) is 4.82. The average molecular weight is 447 g/mol. The molecule has 3 aromatic rings. The number of nitrogens with zero attached hydrogens (tertiary/aromatic N) is 3. The van der Waals surface area contributed by atoms with E-state index >= 15 is 0 Å². The van der Waals surface area contributed by atoms with E-state index in [1.54, 1.807) is 35.6 Å². The Morgan fingerprint density at radius 2 is 2.07 bits per heavy atom. The maximum Gasteiger partial charge on any atom is 0.257 e. The summed E-state index contributed by atoms with van der Waals surface area (Å²) in [5, 5.41) is 10.3. The van der Waals surface area contributed by atoms with Crippen LogP contribution in [0, 0.1) is 0 Å². The van der Waals surface area contributed by atoms with Gasteiger partial charge in [0.25, 0.3) is 5.89 Å². The van der Waals surface area contributed by atoms with Crippen molar-refractivity contribution in [2.45, 2.75) is 30.1 Å². The minimum absolute atomic E-state index is 0.0567. The van der Waals surface area contributed by atoms with E-state index < -0.39 is 10.0 Å². The van der Waals surface area contributed by atoms with Crippen LogP contribution in [0.4, 0.5) is 0 Å². The molecule has 1 N–H and O–H groups in total. The van der Waals surface area contributed by atoms with Gasteiger partial charge in [0.1, 0.15) is 0 Å². The third-order valence-corrected chi connectivity index (χ3v) is 7.48. The molecule has 0 bridgehead atoms.